The van der Waals surface area contributed by atoms with Gasteiger partial charge in [-0.15, -0.1) is 0 Å². The van der Waals surface area contributed by atoms with Crippen LogP contribution in [0.4, 0.5) is 0 Å². The van der Waals surface area contributed by atoms with Crippen molar-refractivity contribution in [2.24, 2.45) is 0 Å². The average Bonchev–Trinajstić information content (AvgIpc) is 2.72. The average molecular weight is 295 g/mol. The Balaban J connectivity index is 1.90. The number of rotatable bonds is 1. The summed E-state index contributed by atoms with van der Waals surface area (Å²) in [4.78, 5) is 8.04. The van der Waals surface area contributed by atoms with E-state index in [9.17, 15) is 5.11 Å². The number of aliphatic hydroxyl groups is 1. The van der Waals surface area contributed by atoms with Crippen LogP contribution in [0.25, 0.3) is 11.0 Å². The molecular weight excluding hydrogens is 280 g/mol. The number of aromatic amines is 1. The molecule has 90 valence electrons. The van der Waals surface area contributed by atoms with Crippen LogP contribution in [-0.2, 0) is 0 Å². The summed E-state index contributed by atoms with van der Waals surface area (Å²) >= 11 is 3.46. The van der Waals surface area contributed by atoms with Gasteiger partial charge in [0, 0.05) is 10.4 Å². The number of H-pyrrole nitrogens is 1. The second-order valence-electron chi connectivity index (χ2n) is 4.79. The minimum absolute atomic E-state index is 0.107. The van der Waals surface area contributed by atoms with Crippen molar-refractivity contribution in [2.75, 3.05) is 0 Å². The summed E-state index contributed by atoms with van der Waals surface area (Å²) in [6, 6.07) is 6.10. The van der Waals surface area contributed by atoms with Crippen molar-refractivity contribution in [2.45, 2.75) is 37.7 Å². The first-order valence-corrected chi connectivity index (χ1v) is 6.85. The van der Waals surface area contributed by atoms with Crippen molar-refractivity contribution in [3.8, 4) is 0 Å². The Bertz CT molecular complexity index is 529. The Hall–Kier alpha value is -0.870. The molecule has 17 heavy (non-hydrogen) atoms. The standard InChI is InChI=1S/C13H15BrN2O/c14-9-3-6-11-12(7-9)16-13(15-11)8-1-4-10(17)5-2-8/h3,6-8,10,17H,1-2,4-5H2,(H,15,16)/t8-,10-. The SMILES string of the molecule is O[C@H]1CC[C@H](c2nc3ccc(Br)cc3[nH]2)CC1. The predicted molar refractivity (Wildman–Crippen MR) is 71.0 cm³/mol. The second kappa shape index (κ2) is 4.42. The number of benzene rings is 1. The van der Waals surface area contributed by atoms with E-state index in [1.807, 2.05) is 12.1 Å². The van der Waals surface area contributed by atoms with Crippen molar-refractivity contribution in [3.05, 3.63) is 28.5 Å². The maximum atomic E-state index is 9.51. The molecule has 1 fully saturated rings. The Kier molecular flexibility index (Phi) is 2.92. The van der Waals surface area contributed by atoms with Gasteiger partial charge in [-0.05, 0) is 43.9 Å². The number of halogens is 1. The fourth-order valence-electron chi connectivity index (χ4n) is 2.54. The zero-order valence-electron chi connectivity index (χ0n) is 9.49. The zero-order valence-corrected chi connectivity index (χ0v) is 11.1. The number of aliphatic hydroxyl groups excluding tert-OH is 1. The highest BCUT2D eigenvalue weighted by Crippen LogP contribution is 2.32. The lowest BCUT2D eigenvalue weighted by atomic mass is 9.87. The summed E-state index contributed by atoms with van der Waals surface area (Å²) in [6.45, 7) is 0. The van der Waals surface area contributed by atoms with Crippen LogP contribution in [0.1, 0.15) is 37.4 Å². The fourth-order valence-corrected chi connectivity index (χ4v) is 2.91. The van der Waals surface area contributed by atoms with Crippen LogP contribution in [-0.4, -0.2) is 21.2 Å². The molecular formula is C13H15BrN2O. The minimum Gasteiger partial charge on any atom is -0.393 e. The lowest BCUT2D eigenvalue weighted by Gasteiger charge is -2.23. The van der Waals surface area contributed by atoms with Gasteiger partial charge in [0.05, 0.1) is 17.1 Å². The largest absolute Gasteiger partial charge is 0.393 e. The Morgan fingerprint density at radius 2 is 2.00 bits per heavy atom. The van der Waals surface area contributed by atoms with Gasteiger partial charge in [0.2, 0.25) is 0 Å². The van der Waals surface area contributed by atoms with Crippen LogP contribution in [0.3, 0.4) is 0 Å². The van der Waals surface area contributed by atoms with Crippen LogP contribution < -0.4 is 0 Å². The highest BCUT2D eigenvalue weighted by atomic mass is 79.9. The number of nitrogens with one attached hydrogen (secondary N) is 1. The van der Waals surface area contributed by atoms with Gasteiger partial charge in [0.15, 0.2) is 0 Å². The molecule has 2 N–H and O–H groups in total. The summed E-state index contributed by atoms with van der Waals surface area (Å²) in [6.07, 6.45) is 3.74. The van der Waals surface area contributed by atoms with E-state index < -0.39 is 0 Å². The molecule has 0 bridgehead atoms. The molecule has 1 aromatic carbocycles. The first-order valence-electron chi connectivity index (χ1n) is 6.05. The van der Waals surface area contributed by atoms with Gasteiger partial charge >= 0.3 is 0 Å². The van der Waals surface area contributed by atoms with Crippen molar-refractivity contribution < 1.29 is 5.11 Å². The molecule has 0 radical (unpaired) electrons. The van der Waals surface area contributed by atoms with Crippen LogP contribution >= 0.6 is 15.9 Å². The van der Waals surface area contributed by atoms with E-state index in [-0.39, 0.29) is 6.10 Å². The molecule has 0 atom stereocenters. The lowest BCUT2D eigenvalue weighted by Crippen LogP contribution is -2.17. The molecule has 0 amide bonds. The summed E-state index contributed by atoms with van der Waals surface area (Å²) in [5, 5.41) is 9.51. The van der Waals surface area contributed by atoms with Gasteiger partial charge in [0.25, 0.3) is 0 Å². The molecule has 2 aromatic rings. The van der Waals surface area contributed by atoms with E-state index in [1.165, 1.54) is 0 Å². The monoisotopic (exact) mass is 294 g/mol. The van der Waals surface area contributed by atoms with Crippen molar-refractivity contribution in [3.63, 3.8) is 0 Å². The van der Waals surface area contributed by atoms with Crippen LogP contribution in [0.15, 0.2) is 22.7 Å². The second-order valence-corrected chi connectivity index (χ2v) is 5.70. The van der Waals surface area contributed by atoms with Crippen LogP contribution in [0, 0.1) is 0 Å². The van der Waals surface area contributed by atoms with Gasteiger partial charge in [0.1, 0.15) is 5.82 Å². The smallest absolute Gasteiger partial charge is 0.110 e. The highest BCUT2D eigenvalue weighted by molar-refractivity contribution is 9.10. The summed E-state index contributed by atoms with van der Waals surface area (Å²) < 4.78 is 1.07. The molecule has 0 unspecified atom stereocenters. The third-order valence-corrected chi connectivity index (χ3v) is 4.04. The maximum Gasteiger partial charge on any atom is 0.110 e. The fraction of sp³-hybridized carbons (Fsp3) is 0.462. The quantitative estimate of drug-likeness (QED) is 0.847. The zero-order chi connectivity index (χ0) is 11.8. The number of hydrogen-bond donors (Lipinski definition) is 2. The van der Waals surface area contributed by atoms with Crippen molar-refractivity contribution in [1.82, 2.24) is 9.97 Å². The number of aromatic nitrogens is 2. The molecule has 0 saturated heterocycles. The predicted octanol–water partition coefficient (Wildman–Crippen LogP) is 3.34. The van der Waals surface area contributed by atoms with Crippen molar-refractivity contribution >= 4 is 27.0 Å². The summed E-state index contributed by atoms with van der Waals surface area (Å²) in [5.41, 5.74) is 2.11. The highest BCUT2D eigenvalue weighted by Gasteiger charge is 2.23. The maximum absolute atomic E-state index is 9.51. The third-order valence-electron chi connectivity index (χ3n) is 3.55. The molecule has 1 aromatic heterocycles. The van der Waals surface area contributed by atoms with Crippen molar-refractivity contribution in [1.29, 1.82) is 0 Å². The number of nitrogens with zero attached hydrogens (tertiary/aromatic N) is 1. The molecule has 1 aliphatic carbocycles. The molecule has 4 heteroatoms. The number of imidazole rings is 1. The van der Waals surface area contributed by atoms with Gasteiger partial charge in [-0.25, -0.2) is 4.98 Å². The Morgan fingerprint density at radius 1 is 1.24 bits per heavy atom. The number of fused-ring (bicyclic) bond motifs is 1. The molecule has 1 saturated carbocycles. The van der Waals surface area contributed by atoms with Gasteiger partial charge < -0.3 is 10.1 Å². The third kappa shape index (κ3) is 2.24. The normalized spacial score (nSPS) is 25.3. The minimum atomic E-state index is -0.107. The molecule has 0 aliphatic heterocycles. The Morgan fingerprint density at radius 3 is 2.76 bits per heavy atom. The van der Waals surface area contributed by atoms with E-state index in [0.29, 0.717) is 5.92 Å². The Labute approximate surface area is 108 Å². The van der Waals surface area contributed by atoms with E-state index >= 15 is 0 Å². The van der Waals surface area contributed by atoms with E-state index in [1.54, 1.807) is 0 Å². The van der Waals surface area contributed by atoms with E-state index in [2.05, 4.69) is 32.0 Å². The topological polar surface area (TPSA) is 48.9 Å². The van der Waals surface area contributed by atoms with E-state index in [4.69, 9.17) is 0 Å². The van der Waals surface area contributed by atoms with Crippen LogP contribution in [0.2, 0.25) is 0 Å². The van der Waals surface area contributed by atoms with E-state index in [0.717, 1.165) is 47.0 Å². The summed E-state index contributed by atoms with van der Waals surface area (Å²) in [7, 11) is 0. The summed E-state index contributed by atoms with van der Waals surface area (Å²) in [5.74, 6) is 1.55. The van der Waals surface area contributed by atoms with Crippen LogP contribution in [0.5, 0.6) is 0 Å². The van der Waals surface area contributed by atoms with Gasteiger partial charge in [-0.3, -0.25) is 0 Å². The number of hydrogen-bond acceptors (Lipinski definition) is 2. The van der Waals surface area contributed by atoms with Gasteiger partial charge in [-0.2, -0.15) is 0 Å². The molecule has 3 rings (SSSR count). The first kappa shape index (κ1) is 11.2. The molecule has 0 spiro atoms. The lowest BCUT2D eigenvalue weighted by molar-refractivity contribution is 0.121. The van der Waals surface area contributed by atoms with Gasteiger partial charge in [-0.1, -0.05) is 15.9 Å². The molecule has 1 heterocycles. The molecule has 1 aliphatic rings. The molecule has 3 nitrogen and oxygen atoms in total. The first-order chi connectivity index (χ1) is 8.22.